The van der Waals surface area contributed by atoms with Crippen molar-refractivity contribution in [3.63, 3.8) is 0 Å². The number of hydrogen-bond acceptors (Lipinski definition) is 15. The molecule has 3 amide bonds. The number of alkyl halides is 6. The van der Waals surface area contributed by atoms with Gasteiger partial charge in [0.15, 0.2) is 0 Å². The van der Waals surface area contributed by atoms with E-state index in [4.69, 9.17) is 11.6 Å². The lowest BCUT2D eigenvalue weighted by atomic mass is 9.71. The van der Waals surface area contributed by atoms with Gasteiger partial charge in [0.2, 0.25) is 35.4 Å². The standard InChI is InChI=1S/C57H49ClF6N12O9/c1-32(69-46(78)30-74-51(80)19-15-42(71-74)36-12-16-48(66-26-36)83-54(59)60)10-11-34-23-43(37-13-17-49(67-27-37)84-55(61)62)72-75(52(34)81)31-47(79)70-57(20-5-21-57)39-8-4-7-33(22-39)40-24-44(38-14-18-50(68-28-38)85-56(63)64)73-76(53(40)82)29-45(77)65-25-35-6-2-3-9-41(35)58/h2-4,6-9,12-19,22-24,26-28,32,54-56H,5,10-11,20-21,25,29-31H2,1H3,(H,65,77)(H,69,78)(H,70,79)/t32-/m0/s1. The lowest BCUT2D eigenvalue weighted by molar-refractivity contribution is -0.125. The number of pyridine rings is 3. The van der Waals surface area contributed by atoms with Gasteiger partial charge >= 0.3 is 19.8 Å². The first-order valence-electron chi connectivity index (χ1n) is 26.0. The molecule has 6 heterocycles. The minimum absolute atomic E-state index is 0.0146. The average Bonchev–Trinajstić information content (AvgIpc) is 1.77. The fourth-order valence-corrected chi connectivity index (χ4v) is 9.39. The minimum Gasteiger partial charge on any atom is -0.417 e. The van der Waals surface area contributed by atoms with Gasteiger partial charge in [-0.05, 0) is 104 Å². The molecular weight excluding hydrogens is 1150 g/mol. The summed E-state index contributed by atoms with van der Waals surface area (Å²) in [5, 5.41) is 22.1. The molecule has 1 saturated carbocycles. The van der Waals surface area contributed by atoms with Gasteiger partial charge in [0.25, 0.3) is 16.7 Å². The van der Waals surface area contributed by atoms with E-state index < -0.39 is 85.4 Å². The molecule has 1 fully saturated rings. The van der Waals surface area contributed by atoms with Crippen LogP contribution in [0.2, 0.25) is 5.02 Å². The summed E-state index contributed by atoms with van der Waals surface area (Å²) in [6.45, 7) is -9.32. The molecule has 2 aromatic carbocycles. The number of amides is 3. The first kappa shape index (κ1) is 59.8. The molecule has 8 aromatic rings. The third-order valence-electron chi connectivity index (χ3n) is 13.5. The third-order valence-corrected chi connectivity index (χ3v) is 13.9. The molecule has 21 nitrogen and oxygen atoms in total. The van der Waals surface area contributed by atoms with Crippen molar-refractivity contribution in [1.29, 1.82) is 0 Å². The predicted octanol–water partition coefficient (Wildman–Crippen LogP) is 7.32. The monoisotopic (exact) mass is 1190 g/mol. The number of benzene rings is 2. The van der Waals surface area contributed by atoms with Crippen LogP contribution in [0.4, 0.5) is 26.3 Å². The van der Waals surface area contributed by atoms with Gasteiger partial charge in [0.05, 0.1) is 28.2 Å². The van der Waals surface area contributed by atoms with E-state index in [1.54, 1.807) is 55.5 Å². The van der Waals surface area contributed by atoms with Crippen LogP contribution in [-0.2, 0) is 52.5 Å². The maximum atomic E-state index is 14.3. The van der Waals surface area contributed by atoms with Crippen LogP contribution in [0.1, 0.15) is 49.3 Å². The molecule has 0 spiro atoms. The molecule has 0 saturated heterocycles. The fourth-order valence-electron chi connectivity index (χ4n) is 9.19. The number of nitrogens with zero attached hydrogens (tertiary/aromatic N) is 9. The van der Waals surface area contributed by atoms with E-state index in [0.29, 0.717) is 52.1 Å². The van der Waals surface area contributed by atoms with Gasteiger partial charge in [-0.2, -0.15) is 41.6 Å². The van der Waals surface area contributed by atoms with E-state index in [1.807, 2.05) is 0 Å². The first-order valence-corrected chi connectivity index (χ1v) is 26.4. The number of nitrogens with one attached hydrogen (secondary N) is 3. The Labute approximate surface area is 482 Å². The quantitative estimate of drug-likeness (QED) is 0.0501. The van der Waals surface area contributed by atoms with Crippen LogP contribution < -0.4 is 46.8 Å². The van der Waals surface area contributed by atoms with Crippen molar-refractivity contribution < 1.29 is 54.9 Å². The van der Waals surface area contributed by atoms with Crippen molar-refractivity contribution in [2.45, 2.75) is 96.6 Å². The summed E-state index contributed by atoms with van der Waals surface area (Å²) in [5.41, 5.74) is 0.244. The number of aromatic nitrogens is 9. The van der Waals surface area contributed by atoms with Gasteiger partial charge in [-0.15, -0.1) is 0 Å². The van der Waals surface area contributed by atoms with Crippen molar-refractivity contribution in [2.24, 2.45) is 0 Å². The summed E-state index contributed by atoms with van der Waals surface area (Å²) in [6, 6.07) is 26.3. The topological polar surface area (TPSA) is 258 Å². The summed E-state index contributed by atoms with van der Waals surface area (Å²) >= 11 is 6.29. The van der Waals surface area contributed by atoms with Gasteiger partial charge in [0, 0.05) is 82.7 Å². The highest BCUT2D eigenvalue weighted by Gasteiger charge is 2.40. The van der Waals surface area contributed by atoms with Crippen LogP contribution in [0.3, 0.4) is 0 Å². The van der Waals surface area contributed by atoms with Crippen LogP contribution >= 0.6 is 11.6 Å². The molecule has 1 aliphatic rings. The highest BCUT2D eigenvalue weighted by molar-refractivity contribution is 6.31. The Morgan fingerprint density at radius 2 is 1.14 bits per heavy atom. The maximum Gasteiger partial charge on any atom is 0.388 e. The van der Waals surface area contributed by atoms with Gasteiger partial charge in [-0.3, -0.25) is 28.8 Å². The van der Waals surface area contributed by atoms with Gasteiger partial charge in [-0.1, -0.05) is 48.0 Å². The van der Waals surface area contributed by atoms with E-state index in [9.17, 15) is 55.1 Å². The van der Waals surface area contributed by atoms with Crippen LogP contribution in [0.15, 0.2) is 142 Å². The van der Waals surface area contributed by atoms with E-state index in [-0.39, 0.29) is 70.8 Å². The molecule has 9 rings (SSSR count). The Bertz CT molecular complexity index is 3910. The number of carbonyl (C=O) groups is 3. The second kappa shape index (κ2) is 26.6. The Morgan fingerprint density at radius 3 is 1.71 bits per heavy atom. The van der Waals surface area contributed by atoms with Gasteiger partial charge in [-0.25, -0.2) is 29.0 Å². The number of rotatable bonds is 24. The van der Waals surface area contributed by atoms with E-state index in [2.05, 4.69) is 60.4 Å². The van der Waals surface area contributed by atoms with Crippen molar-refractivity contribution in [3.8, 4) is 62.5 Å². The molecule has 6 aromatic heterocycles. The van der Waals surface area contributed by atoms with Crippen molar-refractivity contribution >= 4 is 29.3 Å². The third kappa shape index (κ3) is 15.3. The van der Waals surface area contributed by atoms with Crippen LogP contribution in [-0.4, -0.2) is 87.9 Å². The van der Waals surface area contributed by atoms with E-state index in [0.717, 1.165) is 14.0 Å². The number of ether oxygens (including phenoxy) is 3. The Hall–Kier alpha value is -9.79. The molecule has 28 heteroatoms. The lowest BCUT2D eigenvalue weighted by Gasteiger charge is -2.43. The highest BCUT2D eigenvalue weighted by Crippen LogP contribution is 2.42. The average molecular weight is 1200 g/mol. The highest BCUT2D eigenvalue weighted by atomic mass is 35.5. The Balaban J connectivity index is 0.940. The van der Waals surface area contributed by atoms with E-state index in [1.165, 1.54) is 79.3 Å². The zero-order valence-corrected chi connectivity index (χ0v) is 45.4. The summed E-state index contributed by atoms with van der Waals surface area (Å²) < 4.78 is 93.2. The smallest absolute Gasteiger partial charge is 0.388 e. The molecule has 1 atom stereocenters. The summed E-state index contributed by atoms with van der Waals surface area (Å²) in [4.78, 5) is 93.9. The SMILES string of the molecule is C[C@@H](CCc1cc(-c2ccc(OC(F)F)nc2)nn(CC(=O)NC2(c3cccc(-c4cc(-c5ccc(OC(F)F)nc5)nn(CC(=O)NCc5ccccc5Cl)c4=O)c3)CCC2)c1=O)NC(=O)Cn1nc(-c2ccc(OC(F)F)nc2)ccc1=O. The van der Waals surface area contributed by atoms with Crippen LogP contribution in [0, 0.1) is 0 Å². The largest absolute Gasteiger partial charge is 0.417 e. The molecule has 0 radical (unpaired) electrons. The normalized spacial score (nSPS) is 13.0. The van der Waals surface area contributed by atoms with Crippen LogP contribution in [0.5, 0.6) is 17.6 Å². The Morgan fingerprint density at radius 1 is 0.588 bits per heavy atom. The molecular formula is C57H49ClF6N12O9. The van der Waals surface area contributed by atoms with Crippen molar-refractivity contribution in [2.75, 3.05) is 0 Å². The predicted molar refractivity (Wildman–Crippen MR) is 293 cm³/mol. The van der Waals surface area contributed by atoms with Gasteiger partial charge in [0.1, 0.15) is 19.6 Å². The molecule has 3 N–H and O–H groups in total. The number of aryl methyl sites for hydroxylation is 1. The fraction of sp³-hybridized carbons (Fsp3) is 0.263. The lowest BCUT2D eigenvalue weighted by Crippen LogP contribution is -2.52. The number of carbonyl (C=O) groups excluding carboxylic acids is 3. The molecule has 0 bridgehead atoms. The number of halogens is 7. The summed E-state index contributed by atoms with van der Waals surface area (Å²) in [5.74, 6) is -2.92. The molecule has 440 valence electrons. The molecule has 0 aliphatic heterocycles. The van der Waals surface area contributed by atoms with Gasteiger partial charge < -0.3 is 30.2 Å². The summed E-state index contributed by atoms with van der Waals surface area (Å²) in [7, 11) is 0. The molecule has 0 unspecified atom stereocenters. The zero-order chi connectivity index (χ0) is 60.4. The maximum absolute atomic E-state index is 14.3. The zero-order valence-electron chi connectivity index (χ0n) is 44.6. The first-order chi connectivity index (χ1) is 40.8. The number of hydrogen-bond donors (Lipinski definition) is 3. The second-order valence-corrected chi connectivity index (χ2v) is 19.8. The summed E-state index contributed by atoms with van der Waals surface area (Å²) in [6.07, 6.45) is 5.36. The van der Waals surface area contributed by atoms with Crippen molar-refractivity contribution in [1.82, 2.24) is 60.2 Å². The minimum atomic E-state index is -3.15. The van der Waals surface area contributed by atoms with Crippen molar-refractivity contribution in [3.05, 3.63) is 181 Å². The molecule has 1 aliphatic carbocycles. The second-order valence-electron chi connectivity index (χ2n) is 19.4. The Kier molecular flexibility index (Phi) is 18.7. The van der Waals surface area contributed by atoms with Crippen LogP contribution in [0.25, 0.3) is 44.9 Å². The molecule has 85 heavy (non-hydrogen) atoms. The van der Waals surface area contributed by atoms with E-state index >= 15 is 0 Å².